The number of fused-ring (bicyclic) bond motifs is 1. The lowest BCUT2D eigenvalue weighted by atomic mass is 9.70. The summed E-state index contributed by atoms with van der Waals surface area (Å²) in [6.45, 7) is 15.1. The number of nitrogens with zero attached hydrogens (tertiary/aromatic N) is 4. The fraction of sp³-hybridized carbons (Fsp3) is 0.447. The predicted molar refractivity (Wildman–Crippen MR) is 225 cm³/mol. The van der Waals surface area contributed by atoms with Gasteiger partial charge in [-0.3, -0.25) is 19.2 Å². The van der Waals surface area contributed by atoms with Crippen molar-refractivity contribution >= 4 is 35.1 Å². The van der Waals surface area contributed by atoms with Crippen LogP contribution in [-0.2, 0) is 35.1 Å². The number of ether oxygens (including phenoxy) is 2. The van der Waals surface area contributed by atoms with Crippen LogP contribution in [0.25, 0.3) is 0 Å². The smallest absolute Gasteiger partial charge is 0.313 e. The van der Waals surface area contributed by atoms with Crippen LogP contribution in [0.15, 0.2) is 110 Å². The first-order valence-corrected chi connectivity index (χ1v) is 20.6. The lowest BCUT2D eigenvalue weighted by molar-refractivity contribution is -0.165. The standard InChI is InChI=1S/C47H58N4O7/c1-7-11-22-39(53)48(6)32(5)42(34-20-16-13-17-21-34)57-46(56)40-38-27-28-47(58-38)41(40)44(54)51(37(31-52)30-33-18-14-12-15-19-33)43(47)45(55)50(29-8-2)36-25-23-35(24-26-36)49(9-3)10-4/h7-8,12-21,23-26,32,37-38,40-43,52H,1-2,9-11,22,27-31H2,3-6H3/t32-,37-,38+,40-,41-,42+,43+,47-/m1/s1. The minimum absolute atomic E-state index is 0.116. The highest BCUT2D eigenvalue weighted by Gasteiger charge is 2.76. The van der Waals surface area contributed by atoms with Crippen molar-refractivity contribution in [3.05, 3.63) is 121 Å². The van der Waals surface area contributed by atoms with Crippen LogP contribution in [0.5, 0.6) is 0 Å². The Balaban J connectivity index is 1.38. The molecule has 2 bridgehead atoms. The first-order valence-electron chi connectivity index (χ1n) is 20.6. The number of hydrogen-bond acceptors (Lipinski definition) is 8. The van der Waals surface area contributed by atoms with Crippen LogP contribution in [0.4, 0.5) is 11.4 Å². The van der Waals surface area contributed by atoms with Gasteiger partial charge in [0.1, 0.15) is 17.7 Å². The van der Waals surface area contributed by atoms with Crippen LogP contribution in [0.1, 0.15) is 63.7 Å². The Kier molecular flexibility index (Phi) is 13.5. The molecule has 3 aliphatic heterocycles. The van der Waals surface area contributed by atoms with Crippen LogP contribution in [0.3, 0.4) is 0 Å². The van der Waals surface area contributed by atoms with Gasteiger partial charge < -0.3 is 34.2 Å². The van der Waals surface area contributed by atoms with E-state index >= 15 is 9.59 Å². The van der Waals surface area contributed by atoms with E-state index in [4.69, 9.17) is 9.47 Å². The predicted octanol–water partition coefficient (Wildman–Crippen LogP) is 6.13. The Hall–Kier alpha value is -5.26. The summed E-state index contributed by atoms with van der Waals surface area (Å²) in [5.74, 6) is -3.58. The second-order valence-electron chi connectivity index (χ2n) is 15.6. The van der Waals surface area contributed by atoms with Crippen LogP contribution < -0.4 is 9.80 Å². The number of rotatable bonds is 19. The van der Waals surface area contributed by atoms with Crippen molar-refractivity contribution < 1.29 is 33.8 Å². The summed E-state index contributed by atoms with van der Waals surface area (Å²) in [4.78, 5) is 65.3. The van der Waals surface area contributed by atoms with Gasteiger partial charge in [0.25, 0.3) is 5.91 Å². The van der Waals surface area contributed by atoms with E-state index in [-0.39, 0.29) is 31.2 Å². The number of amides is 3. The van der Waals surface area contributed by atoms with Crippen molar-refractivity contribution in [3.63, 3.8) is 0 Å². The van der Waals surface area contributed by atoms with E-state index in [1.807, 2.05) is 91.9 Å². The second kappa shape index (κ2) is 18.6. The van der Waals surface area contributed by atoms with Gasteiger partial charge in [0.2, 0.25) is 11.8 Å². The summed E-state index contributed by atoms with van der Waals surface area (Å²) in [6.07, 6.45) is 3.70. The molecule has 3 aromatic rings. The number of aliphatic hydroxyl groups excluding tert-OH is 1. The van der Waals surface area contributed by atoms with E-state index in [1.165, 1.54) is 4.90 Å². The molecule has 6 rings (SSSR count). The molecule has 11 heteroatoms. The van der Waals surface area contributed by atoms with E-state index in [2.05, 4.69) is 31.9 Å². The number of likely N-dealkylation sites (tertiary alicyclic amines) is 1. The zero-order chi connectivity index (χ0) is 41.6. The number of allylic oxidation sites excluding steroid dienone is 1. The molecule has 0 saturated carbocycles. The van der Waals surface area contributed by atoms with Gasteiger partial charge in [-0.15, -0.1) is 13.2 Å². The Morgan fingerprint density at radius 2 is 1.60 bits per heavy atom. The molecule has 8 atom stereocenters. The number of esters is 1. The molecule has 1 spiro atoms. The third kappa shape index (κ3) is 8.07. The maximum atomic E-state index is 15.3. The van der Waals surface area contributed by atoms with Crippen molar-refractivity contribution in [2.24, 2.45) is 11.8 Å². The fourth-order valence-electron chi connectivity index (χ4n) is 9.32. The fourth-order valence-corrected chi connectivity index (χ4v) is 9.32. The first-order chi connectivity index (χ1) is 28.0. The third-order valence-electron chi connectivity index (χ3n) is 12.4. The van der Waals surface area contributed by atoms with E-state index in [9.17, 15) is 14.7 Å². The summed E-state index contributed by atoms with van der Waals surface area (Å²) >= 11 is 0. The third-order valence-corrected chi connectivity index (χ3v) is 12.4. The maximum Gasteiger partial charge on any atom is 0.313 e. The summed E-state index contributed by atoms with van der Waals surface area (Å²) in [5, 5.41) is 11.0. The molecule has 3 aromatic carbocycles. The molecular formula is C47H58N4O7. The van der Waals surface area contributed by atoms with Crippen molar-refractivity contribution in [2.75, 3.05) is 43.1 Å². The number of carbonyl (C=O) groups excluding carboxylic acids is 4. The van der Waals surface area contributed by atoms with E-state index in [0.29, 0.717) is 30.5 Å². The Morgan fingerprint density at radius 3 is 2.21 bits per heavy atom. The van der Waals surface area contributed by atoms with Gasteiger partial charge in [0.15, 0.2) is 0 Å². The molecule has 308 valence electrons. The second-order valence-corrected chi connectivity index (χ2v) is 15.6. The molecule has 58 heavy (non-hydrogen) atoms. The molecule has 0 aromatic heterocycles. The Bertz CT molecular complexity index is 1920. The number of benzene rings is 3. The van der Waals surface area contributed by atoms with E-state index in [1.54, 1.807) is 29.0 Å². The topological polar surface area (TPSA) is 120 Å². The lowest BCUT2D eigenvalue weighted by Gasteiger charge is -2.39. The molecule has 0 aliphatic carbocycles. The van der Waals surface area contributed by atoms with Gasteiger partial charge in [0.05, 0.1) is 36.6 Å². The number of carbonyl (C=O) groups is 4. The van der Waals surface area contributed by atoms with Crippen molar-refractivity contribution in [2.45, 2.75) is 88.8 Å². The SMILES string of the molecule is C=CCCC(=O)N(C)[C@H](C)[C@H](OC(=O)[C@@H]1[C@@H]2CC[C@]3(O2)[C@H](C(=O)N(CC=C)c2ccc(N(CC)CC)cc2)N([C@@H](CO)Cc2ccccc2)C(=O)[C@@H]13)c1ccccc1. The van der Waals surface area contributed by atoms with Gasteiger partial charge in [-0.25, -0.2) is 0 Å². The number of aliphatic hydroxyl groups is 1. The molecule has 1 N–H and O–H groups in total. The van der Waals surface area contributed by atoms with Gasteiger partial charge in [0, 0.05) is 44.5 Å². The molecular weight excluding hydrogens is 733 g/mol. The summed E-state index contributed by atoms with van der Waals surface area (Å²) in [7, 11) is 1.69. The van der Waals surface area contributed by atoms with Crippen LogP contribution in [0.2, 0.25) is 0 Å². The molecule has 0 unspecified atom stereocenters. The van der Waals surface area contributed by atoms with E-state index in [0.717, 1.165) is 24.3 Å². The molecule has 11 nitrogen and oxygen atoms in total. The largest absolute Gasteiger partial charge is 0.455 e. The van der Waals surface area contributed by atoms with Crippen molar-refractivity contribution in [1.82, 2.24) is 9.80 Å². The molecule has 3 amide bonds. The van der Waals surface area contributed by atoms with Gasteiger partial charge in [-0.2, -0.15) is 0 Å². The van der Waals surface area contributed by atoms with Gasteiger partial charge in [-0.05, 0) is 81.8 Å². The van der Waals surface area contributed by atoms with Crippen molar-refractivity contribution in [3.8, 4) is 0 Å². The highest BCUT2D eigenvalue weighted by Crippen LogP contribution is 2.59. The Morgan fingerprint density at radius 1 is 0.966 bits per heavy atom. The number of hydrogen-bond donors (Lipinski definition) is 1. The van der Waals surface area contributed by atoms with Crippen molar-refractivity contribution in [1.29, 1.82) is 0 Å². The van der Waals surface area contributed by atoms with Gasteiger partial charge >= 0.3 is 5.97 Å². The quantitative estimate of drug-likeness (QED) is 0.114. The lowest BCUT2D eigenvalue weighted by Crippen LogP contribution is -2.59. The summed E-state index contributed by atoms with van der Waals surface area (Å²) in [6, 6.07) is 24.1. The average Bonchev–Trinajstić information content (AvgIpc) is 3.91. The number of anilines is 2. The van der Waals surface area contributed by atoms with Crippen LogP contribution >= 0.6 is 0 Å². The summed E-state index contributed by atoms with van der Waals surface area (Å²) < 4.78 is 13.2. The van der Waals surface area contributed by atoms with Crippen LogP contribution in [0, 0.1) is 11.8 Å². The first kappa shape index (κ1) is 42.3. The van der Waals surface area contributed by atoms with Crippen LogP contribution in [-0.4, -0.2) is 102 Å². The zero-order valence-corrected chi connectivity index (χ0v) is 34.2. The highest BCUT2D eigenvalue weighted by atomic mass is 16.6. The minimum Gasteiger partial charge on any atom is -0.455 e. The Labute approximate surface area is 342 Å². The molecule has 0 radical (unpaired) electrons. The zero-order valence-electron chi connectivity index (χ0n) is 34.2. The average molecular weight is 791 g/mol. The molecule has 3 saturated heterocycles. The monoisotopic (exact) mass is 790 g/mol. The highest BCUT2D eigenvalue weighted by molar-refractivity contribution is 6.05. The molecule has 3 fully saturated rings. The normalized spacial score (nSPS) is 23.4. The molecule has 3 heterocycles. The molecule has 3 aliphatic rings. The number of likely N-dealkylation sites (N-methyl/N-ethyl adjacent to an activating group) is 1. The maximum absolute atomic E-state index is 15.3. The minimum atomic E-state index is -1.35. The van der Waals surface area contributed by atoms with E-state index < -0.39 is 66.3 Å². The van der Waals surface area contributed by atoms with Gasteiger partial charge in [-0.1, -0.05) is 72.8 Å². The summed E-state index contributed by atoms with van der Waals surface area (Å²) in [5.41, 5.74) is 1.89.